The van der Waals surface area contributed by atoms with Crippen LogP contribution in [0.15, 0.2) is 0 Å². The molecule has 3 unspecified atom stereocenters. The number of carboxylic acids is 1. The number of rotatable bonds is 5. The van der Waals surface area contributed by atoms with Crippen LogP contribution in [0.1, 0.15) is 47.0 Å². The molecular weight excluding hydrogens is 244 g/mol. The molecule has 3 atom stereocenters. The Hall–Kier alpha value is -1.10. The fraction of sp³-hybridized carbons (Fsp3) is 0.857. The molecule has 0 aromatic heterocycles. The minimum atomic E-state index is -0.772. The number of nitrogens with zero attached hydrogens (tertiary/aromatic N) is 1. The molecule has 0 saturated carbocycles. The maximum Gasteiger partial charge on any atom is 0.310 e. The van der Waals surface area contributed by atoms with Crippen molar-refractivity contribution in [3.8, 4) is 0 Å². The smallest absolute Gasteiger partial charge is 0.310 e. The number of nitrogens with one attached hydrogen (secondary N) is 1. The number of hydrogen-bond donors (Lipinski definition) is 2. The molecule has 19 heavy (non-hydrogen) atoms. The number of likely N-dealkylation sites (tertiary alicyclic amines) is 1. The van der Waals surface area contributed by atoms with Gasteiger partial charge in [-0.1, -0.05) is 6.92 Å². The van der Waals surface area contributed by atoms with E-state index in [9.17, 15) is 14.7 Å². The van der Waals surface area contributed by atoms with E-state index in [0.717, 1.165) is 19.4 Å². The van der Waals surface area contributed by atoms with E-state index in [1.165, 1.54) is 0 Å². The van der Waals surface area contributed by atoms with Crippen LogP contribution in [0.2, 0.25) is 0 Å². The molecule has 2 N–H and O–H groups in total. The summed E-state index contributed by atoms with van der Waals surface area (Å²) < 4.78 is 0. The monoisotopic (exact) mass is 270 g/mol. The van der Waals surface area contributed by atoms with E-state index in [0.29, 0.717) is 13.0 Å². The standard InChI is InChI=1S/C14H26N2O3/c1-5-10(2)15-12(17)11(3)16-8-6-7-14(4,9-16)13(18)19/h10-11H,5-9H2,1-4H3,(H,15,17)(H,18,19). The normalized spacial score (nSPS) is 27.6. The average Bonchev–Trinajstić information content (AvgIpc) is 2.37. The van der Waals surface area contributed by atoms with Crippen molar-refractivity contribution < 1.29 is 14.7 Å². The third-order valence-corrected chi connectivity index (χ3v) is 4.17. The third-order valence-electron chi connectivity index (χ3n) is 4.17. The summed E-state index contributed by atoms with van der Waals surface area (Å²) >= 11 is 0. The van der Waals surface area contributed by atoms with Crippen molar-refractivity contribution in [2.75, 3.05) is 13.1 Å². The van der Waals surface area contributed by atoms with Crippen molar-refractivity contribution in [2.24, 2.45) is 5.41 Å². The highest BCUT2D eigenvalue weighted by Crippen LogP contribution is 2.30. The Labute approximate surface area is 115 Å². The van der Waals surface area contributed by atoms with Crippen LogP contribution in [0.3, 0.4) is 0 Å². The summed E-state index contributed by atoms with van der Waals surface area (Å²) in [5.74, 6) is -0.782. The Bertz CT molecular complexity index is 346. The first-order valence-electron chi connectivity index (χ1n) is 7.08. The van der Waals surface area contributed by atoms with Crippen LogP contribution in [0, 0.1) is 5.41 Å². The Morgan fingerprint density at radius 2 is 2.05 bits per heavy atom. The van der Waals surface area contributed by atoms with E-state index in [1.54, 1.807) is 6.92 Å². The predicted molar refractivity (Wildman–Crippen MR) is 73.9 cm³/mol. The molecular formula is C14H26N2O3. The van der Waals surface area contributed by atoms with Crippen LogP contribution in [-0.2, 0) is 9.59 Å². The fourth-order valence-electron chi connectivity index (χ4n) is 2.42. The maximum atomic E-state index is 12.1. The molecule has 0 aromatic rings. The van der Waals surface area contributed by atoms with Gasteiger partial charge >= 0.3 is 5.97 Å². The minimum Gasteiger partial charge on any atom is -0.481 e. The summed E-state index contributed by atoms with van der Waals surface area (Å²) in [5.41, 5.74) is -0.733. The molecule has 5 nitrogen and oxygen atoms in total. The number of piperidine rings is 1. The van der Waals surface area contributed by atoms with Gasteiger partial charge in [-0.05, 0) is 46.6 Å². The predicted octanol–water partition coefficient (Wildman–Crippen LogP) is 1.48. The zero-order valence-electron chi connectivity index (χ0n) is 12.4. The molecule has 1 aliphatic heterocycles. The zero-order valence-corrected chi connectivity index (χ0v) is 12.4. The molecule has 1 rings (SSSR count). The van der Waals surface area contributed by atoms with E-state index in [4.69, 9.17) is 0 Å². The van der Waals surface area contributed by atoms with Crippen molar-refractivity contribution in [1.29, 1.82) is 0 Å². The molecule has 0 aromatic carbocycles. The molecule has 0 radical (unpaired) electrons. The van der Waals surface area contributed by atoms with E-state index in [2.05, 4.69) is 5.32 Å². The van der Waals surface area contributed by atoms with E-state index in [1.807, 2.05) is 25.7 Å². The van der Waals surface area contributed by atoms with Crippen LogP contribution >= 0.6 is 0 Å². The highest BCUT2D eigenvalue weighted by atomic mass is 16.4. The molecule has 1 aliphatic rings. The Morgan fingerprint density at radius 1 is 1.42 bits per heavy atom. The van der Waals surface area contributed by atoms with E-state index < -0.39 is 11.4 Å². The van der Waals surface area contributed by atoms with Crippen molar-refractivity contribution in [3.63, 3.8) is 0 Å². The summed E-state index contributed by atoms with van der Waals surface area (Å²) in [7, 11) is 0. The number of amides is 1. The van der Waals surface area contributed by atoms with Gasteiger partial charge in [-0.25, -0.2) is 0 Å². The first-order chi connectivity index (χ1) is 8.80. The van der Waals surface area contributed by atoms with Gasteiger partial charge in [-0.15, -0.1) is 0 Å². The molecule has 1 fully saturated rings. The minimum absolute atomic E-state index is 0.0102. The largest absolute Gasteiger partial charge is 0.481 e. The summed E-state index contributed by atoms with van der Waals surface area (Å²) in [5, 5.41) is 12.2. The van der Waals surface area contributed by atoms with Gasteiger partial charge in [0.2, 0.25) is 5.91 Å². The summed E-state index contributed by atoms with van der Waals surface area (Å²) in [6, 6.07) is -0.112. The lowest BCUT2D eigenvalue weighted by Crippen LogP contribution is -2.54. The van der Waals surface area contributed by atoms with Gasteiger partial charge in [0.25, 0.3) is 0 Å². The van der Waals surface area contributed by atoms with Crippen LogP contribution in [0.25, 0.3) is 0 Å². The SMILES string of the molecule is CCC(C)NC(=O)C(C)N1CCCC(C)(C(=O)O)C1. The molecule has 0 spiro atoms. The fourth-order valence-corrected chi connectivity index (χ4v) is 2.42. The number of carbonyl (C=O) groups excluding carboxylic acids is 1. The second kappa shape index (κ2) is 6.37. The van der Waals surface area contributed by atoms with E-state index >= 15 is 0 Å². The zero-order chi connectivity index (χ0) is 14.6. The Balaban J connectivity index is 2.64. The molecule has 5 heteroatoms. The van der Waals surface area contributed by atoms with Crippen LogP contribution in [0.4, 0.5) is 0 Å². The number of carboxylic acid groups (broad SMARTS) is 1. The first-order valence-corrected chi connectivity index (χ1v) is 7.08. The lowest BCUT2D eigenvalue weighted by atomic mass is 9.81. The molecule has 0 bridgehead atoms. The van der Waals surface area contributed by atoms with Crippen LogP contribution in [-0.4, -0.2) is 47.1 Å². The first kappa shape index (κ1) is 16.0. The van der Waals surface area contributed by atoms with Crippen LogP contribution in [0.5, 0.6) is 0 Å². The molecule has 1 saturated heterocycles. The topological polar surface area (TPSA) is 69.6 Å². The van der Waals surface area contributed by atoms with E-state index in [-0.39, 0.29) is 18.0 Å². The Kier molecular flexibility index (Phi) is 5.35. The summed E-state index contributed by atoms with van der Waals surface area (Å²) in [4.78, 5) is 25.4. The molecule has 1 heterocycles. The number of carbonyl (C=O) groups is 2. The van der Waals surface area contributed by atoms with Gasteiger partial charge in [-0.2, -0.15) is 0 Å². The second-order valence-electron chi connectivity index (χ2n) is 5.93. The van der Waals surface area contributed by atoms with Gasteiger partial charge in [0, 0.05) is 12.6 Å². The van der Waals surface area contributed by atoms with Gasteiger partial charge < -0.3 is 10.4 Å². The number of aliphatic carboxylic acids is 1. The van der Waals surface area contributed by atoms with Gasteiger partial charge in [0.15, 0.2) is 0 Å². The second-order valence-corrected chi connectivity index (χ2v) is 5.93. The van der Waals surface area contributed by atoms with Crippen molar-refractivity contribution in [2.45, 2.75) is 59.0 Å². The third kappa shape index (κ3) is 3.93. The van der Waals surface area contributed by atoms with Gasteiger partial charge in [0.1, 0.15) is 0 Å². The quantitative estimate of drug-likeness (QED) is 0.794. The number of hydrogen-bond acceptors (Lipinski definition) is 3. The lowest BCUT2D eigenvalue weighted by Gasteiger charge is -2.40. The summed E-state index contributed by atoms with van der Waals surface area (Å²) in [6.07, 6.45) is 2.40. The lowest BCUT2D eigenvalue weighted by molar-refractivity contribution is -0.152. The van der Waals surface area contributed by atoms with Gasteiger partial charge in [-0.3, -0.25) is 14.5 Å². The molecule has 0 aliphatic carbocycles. The molecule has 110 valence electrons. The molecule has 1 amide bonds. The van der Waals surface area contributed by atoms with Crippen LogP contribution < -0.4 is 5.32 Å². The summed E-state index contributed by atoms with van der Waals surface area (Å²) in [6.45, 7) is 8.85. The average molecular weight is 270 g/mol. The van der Waals surface area contributed by atoms with Gasteiger partial charge in [0.05, 0.1) is 11.5 Å². The maximum absolute atomic E-state index is 12.1. The van der Waals surface area contributed by atoms with Crippen molar-refractivity contribution in [1.82, 2.24) is 10.2 Å². The van der Waals surface area contributed by atoms with Crippen molar-refractivity contribution in [3.05, 3.63) is 0 Å². The van der Waals surface area contributed by atoms with Crippen molar-refractivity contribution >= 4 is 11.9 Å². The highest BCUT2D eigenvalue weighted by Gasteiger charge is 2.40. The highest BCUT2D eigenvalue weighted by molar-refractivity contribution is 5.82. The Morgan fingerprint density at radius 3 is 2.58 bits per heavy atom.